The summed E-state index contributed by atoms with van der Waals surface area (Å²) >= 11 is 0. The van der Waals surface area contributed by atoms with Gasteiger partial charge in [-0.25, -0.2) is 0 Å². The van der Waals surface area contributed by atoms with Crippen molar-refractivity contribution in [3.05, 3.63) is 0 Å². The molecule has 1 aliphatic rings. The van der Waals surface area contributed by atoms with Crippen LogP contribution in [0.4, 0.5) is 0 Å². The van der Waals surface area contributed by atoms with Crippen LogP contribution in [0.5, 0.6) is 0 Å². The van der Waals surface area contributed by atoms with Crippen molar-refractivity contribution in [2.24, 2.45) is 11.7 Å². The number of hydrogen-bond donors (Lipinski definition) is 1. The van der Waals surface area contributed by atoms with Gasteiger partial charge in [-0.05, 0) is 18.8 Å². The van der Waals surface area contributed by atoms with Crippen molar-refractivity contribution in [2.45, 2.75) is 19.8 Å². The molecule has 1 rings (SSSR count). The lowest BCUT2D eigenvalue weighted by molar-refractivity contribution is -0.132. The molecule has 0 atom stereocenters. The van der Waals surface area contributed by atoms with Crippen molar-refractivity contribution in [3.63, 3.8) is 0 Å². The normalized spacial score (nSPS) is 17.3. The predicted octanol–water partition coefficient (Wildman–Crippen LogP) is -0.338. The highest BCUT2D eigenvalue weighted by atomic mass is 16.2. The molecule has 1 saturated heterocycles. The van der Waals surface area contributed by atoms with E-state index in [0.29, 0.717) is 5.92 Å². The van der Waals surface area contributed by atoms with E-state index < -0.39 is 0 Å². The highest BCUT2D eigenvalue weighted by Crippen LogP contribution is 2.17. The minimum Gasteiger partial charge on any atom is -0.346 e. The zero-order valence-corrected chi connectivity index (χ0v) is 10.1. The molecule has 0 aromatic heterocycles. The molecule has 0 unspecified atom stereocenters. The Labute approximate surface area is 96.6 Å². The predicted molar refractivity (Wildman–Crippen MR) is 61.7 cm³/mol. The number of nitrogens with zero attached hydrogens (tertiary/aromatic N) is 2. The molecule has 5 heteroatoms. The molecule has 5 nitrogen and oxygen atoms in total. The van der Waals surface area contributed by atoms with Crippen LogP contribution in [0.3, 0.4) is 0 Å². The van der Waals surface area contributed by atoms with E-state index in [1.165, 1.54) is 0 Å². The minimum atomic E-state index is 0.0263. The second-order valence-electron chi connectivity index (χ2n) is 4.43. The first-order chi connectivity index (χ1) is 7.54. The largest absolute Gasteiger partial charge is 0.346 e. The van der Waals surface area contributed by atoms with E-state index in [-0.39, 0.29) is 18.4 Å². The lowest BCUT2D eigenvalue weighted by Crippen LogP contribution is -2.43. The van der Waals surface area contributed by atoms with Crippen LogP contribution in [-0.4, -0.2) is 54.8 Å². The first-order valence-electron chi connectivity index (χ1n) is 5.74. The van der Waals surface area contributed by atoms with Crippen LogP contribution in [0.15, 0.2) is 0 Å². The number of carbonyl (C=O) groups excluding carboxylic acids is 2. The van der Waals surface area contributed by atoms with Crippen molar-refractivity contribution < 1.29 is 9.59 Å². The molecule has 0 spiro atoms. The molecule has 0 bridgehead atoms. The average molecular weight is 227 g/mol. The summed E-state index contributed by atoms with van der Waals surface area (Å²) < 4.78 is 0. The van der Waals surface area contributed by atoms with Crippen molar-refractivity contribution in [1.29, 1.82) is 0 Å². The number of piperidine rings is 1. The third kappa shape index (κ3) is 3.48. The van der Waals surface area contributed by atoms with Crippen LogP contribution < -0.4 is 5.73 Å². The van der Waals surface area contributed by atoms with E-state index in [0.717, 1.165) is 32.5 Å². The van der Waals surface area contributed by atoms with Crippen LogP contribution in [0.2, 0.25) is 0 Å². The van der Waals surface area contributed by atoms with E-state index in [9.17, 15) is 9.59 Å². The lowest BCUT2D eigenvalue weighted by Gasteiger charge is -2.33. The zero-order valence-electron chi connectivity index (χ0n) is 10.1. The number of hydrogen-bond acceptors (Lipinski definition) is 3. The number of nitrogens with two attached hydrogens (primary N) is 1. The summed E-state index contributed by atoms with van der Waals surface area (Å²) in [5.41, 5.74) is 5.31. The number of amides is 2. The Kier molecular flexibility index (Phi) is 4.73. The molecule has 0 aromatic carbocycles. The summed E-state index contributed by atoms with van der Waals surface area (Å²) in [6, 6.07) is 0. The van der Waals surface area contributed by atoms with Crippen molar-refractivity contribution >= 4 is 11.8 Å². The van der Waals surface area contributed by atoms with Crippen molar-refractivity contribution in [2.75, 3.05) is 33.2 Å². The second kappa shape index (κ2) is 5.84. The van der Waals surface area contributed by atoms with E-state index >= 15 is 0 Å². The van der Waals surface area contributed by atoms with Crippen LogP contribution in [-0.2, 0) is 9.59 Å². The summed E-state index contributed by atoms with van der Waals surface area (Å²) in [4.78, 5) is 26.0. The maximum atomic E-state index is 11.3. The van der Waals surface area contributed by atoms with Gasteiger partial charge < -0.3 is 15.5 Å². The smallest absolute Gasteiger partial charge is 0.236 e. The Balaban J connectivity index is 2.32. The molecule has 1 heterocycles. The molecule has 92 valence electrons. The Morgan fingerprint density at radius 3 is 2.38 bits per heavy atom. The molecule has 0 aliphatic carbocycles. The van der Waals surface area contributed by atoms with Gasteiger partial charge in [0.2, 0.25) is 11.8 Å². The van der Waals surface area contributed by atoms with E-state index in [2.05, 4.69) is 0 Å². The van der Waals surface area contributed by atoms with Gasteiger partial charge in [-0.1, -0.05) is 0 Å². The Hall–Kier alpha value is -1.10. The van der Waals surface area contributed by atoms with Crippen LogP contribution in [0, 0.1) is 5.92 Å². The van der Waals surface area contributed by atoms with Gasteiger partial charge in [0.05, 0.1) is 6.54 Å². The highest BCUT2D eigenvalue weighted by Gasteiger charge is 2.23. The maximum absolute atomic E-state index is 11.3. The van der Waals surface area contributed by atoms with Gasteiger partial charge in [-0.3, -0.25) is 9.59 Å². The molecule has 0 aromatic rings. The molecule has 2 N–H and O–H groups in total. The Morgan fingerprint density at radius 2 is 1.94 bits per heavy atom. The standard InChI is InChI=1S/C11H21N3O2/c1-9(15)13(2)8-10-3-5-14(6-4-10)11(16)7-12/h10H,3-8,12H2,1-2H3. The fourth-order valence-corrected chi connectivity index (χ4v) is 2.01. The zero-order chi connectivity index (χ0) is 12.1. The van der Waals surface area contributed by atoms with Gasteiger partial charge in [0.1, 0.15) is 0 Å². The van der Waals surface area contributed by atoms with Gasteiger partial charge in [0.25, 0.3) is 0 Å². The van der Waals surface area contributed by atoms with Gasteiger partial charge >= 0.3 is 0 Å². The fraction of sp³-hybridized carbons (Fsp3) is 0.818. The summed E-state index contributed by atoms with van der Waals surface area (Å²) in [6.45, 7) is 4.00. The van der Waals surface area contributed by atoms with Crippen LogP contribution in [0.1, 0.15) is 19.8 Å². The molecule has 0 radical (unpaired) electrons. The SMILES string of the molecule is CC(=O)N(C)CC1CCN(C(=O)CN)CC1. The van der Waals surface area contributed by atoms with E-state index in [1.54, 1.807) is 11.8 Å². The molecule has 1 aliphatic heterocycles. The lowest BCUT2D eigenvalue weighted by atomic mass is 9.96. The summed E-state index contributed by atoms with van der Waals surface area (Å²) in [5.74, 6) is 0.634. The summed E-state index contributed by atoms with van der Waals surface area (Å²) in [6.07, 6.45) is 1.92. The Morgan fingerprint density at radius 1 is 1.38 bits per heavy atom. The first-order valence-corrected chi connectivity index (χ1v) is 5.74. The number of rotatable bonds is 3. The number of likely N-dealkylation sites (tertiary alicyclic amines) is 1. The fourth-order valence-electron chi connectivity index (χ4n) is 2.01. The summed E-state index contributed by atoms with van der Waals surface area (Å²) in [7, 11) is 1.82. The average Bonchev–Trinajstić information content (AvgIpc) is 2.28. The van der Waals surface area contributed by atoms with Crippen molar-refractivity contribution in [3.8, 4) is 0 Å². The molecule has 2 amide bonds. The molecule has 16 heavy (non-hydrogen) atoms. The highest BCUT2D eigenvalue weighted by molar-refractivity contribution is 5.78. The third-order valence-corrected chi connectivity index (χ3v) is 3.21. The van der Waals surface area contributed by atoms with Gasteiger partial charge in [0.15, 0.2) is 0 Å². The number of carbonyl (C=O) groups is 2. The quantitative estimate of drug-likeness (QED) is 0.717. The van der Waals surface area contributed by atoms with E-state index in [1.807, 2.05) is 11.9 Å². The topological polar surface area (TPSA) is 66.6 Å². The minimum absolute atomic E-state index is 0.0263. The van der Waals surface area contributed by atoms with Crippen molar-refractivity contribution in [1.82, 2.24) is 9.80 Å². The van der Waals surface area contributed by atoms with Gasteiger partial charge in [-0.2, -0.15) is 0 Å². The summed E-state index contributed by atoms with van der Waals surface area (Å²) in [5, 5.41) is 0. The molecular formula is C11H21N3O2. The first kappa shape index (κ1) is 13.0. The molecule has 1 fully saturated rings. The second-order valence-corrected chi connectivity index (χ2v) is 4.43. The van der Waals surface area contributed by atoms with Crippen LogP contribution >= 0.6 is 0 Å². The van der Waals surface area contributed by atoms with Gasteiger partial charge in [0, 0.05) is 33.6 Å². The third-order valence-electron chi connectivity index (χ3n) is 3.21. The maximum Gasteiger partial charge on any atom is 0.236 e. The van der Waals surface area contributed by atoms with E-state index in [4.69, 9.17) is 5.73 Å². The van der Waals surface area contributed by atoms with Gasteiger partial charge in [-0.15, -0.1) is 0 Å². The Bertz CT molecular complexity index is 260. The molecule has 0 saturated carbocycles. The molecular weight excluding hydrogens is 206 g/mol. The van der Waals surface area contributed by atoms with Crippen LogP contribution in [0.25, 0.3) is 0 Å². The monoisotopic (exact) mass is 227 g/mol.